The molecule has 0 atom stereocenters. The van der Waals surface area contributed by atoms with Gasteiger partial charge in [0, 0.05) is 90.8 Å². The molecule has 8 aromatic rings. The van der Waals surface area contributed by atoms with E-state index in [0.717, 1.165) is 126 Å². The third kappa shape index (κ3) is 13.9. The zero-order valence-electron chi connectivity index (χ0n) is 44.8. The summed E-state index contributed by atoms with van der Waals surface area (Å²) in [5.74, 6) is -1.23. The molecule has 402 valence electrons. The predicted molar refractivity (Wildman–Crippen MR) is 318 cm³/mol. The van der Waals surface area contributed by atoms with Crippen LogP contribution in [0.3, 0.4) is 0 Å². The molecule has 9 N–H and O–H groups in total. The number of nitrogens with one attached hydrogen (secondary N) is 5. The van der Waals surface area contributed by atoms with E-state index in [1.807, 2.05) is 141 Å². The molecule has 9 rings (SSSR count). The van der Waals surface area contributed by atoms with Crippen LogP contribution in [-0.2, 0) is 0 Å². The van der Waals surface area contributed by atoms with Gasteiger partial charge in [0.1, 0.15) is 22.7 Å². The van der Waals surface area contributed by atoms with E-state index in [0.29, 0.717) is 52.4 Å². The summed E-state index contributed by atoms with van der Waals surface area (Å²) in [4.78, 5) is 35.5. The quantitative estimate of drug-likeness (QED) is 0.0143. The number of amides is 2. The Balaban J connectivity index is 0.645. The number of carbonyl (C=O) groups excluding carboxylic acids is 2. The minimum atomic E-state index is -0.535. The van der Waals surface area contributed by atoms with Crippen molar-refractivity contribution in [2.45, 2.75) is 65.2 Å². The molecule has 79 heavy (non-hydrogen) atoms. The van der Waals surface area contributed by atoms with Crippen LogP contribution >= 0.6 is 0 Å². The summed E-state index contributed by atoms with van der Waals surface area (Å²) in [7, 11) is 0. The van der Waals surface area contributed by atoms with Crippen molar-refractivity contribution in [1.29, 1.82) is 0 Å². The fourth-order valence-corrected chi connectivity index (χ4v) is 9.59. The monoisotopic (exact) mass is 1060 g/mol. The fraction of sp³-hybridized carbons (Fsp3) is 0.215. The zero-order chi connectivity index (χ0) is 55.3. The maximum atomic E-state index is 14.6. The van der Waals surface area contributed by atoms with E-state index in [4.69, 9.17) is 21.4 Å². The Bertz CT molecular complexity index is 3600. The molecule has 7 aromatic carbocycles. The second kappa shape index (κ2) is 25.8. The molecule has 0 saturated carbocycles. The van der Waals surface area contributed by atoms with Gasteiger partial charge in [-0.1, -0.05) is 92.9 Å². The van der Waals surface area contributed by atoms with Crippen LogP contribution in [0.15, 0.2) is 186 Å². The second-order valence-corrected chi connectivity index (χ2v) is 19.9. The summed E-state index contributed by atoms with van der Waals surface area (Å²) in [6, 6.07) is 44.6. The average molecular weight is 1060 g/mol. The normalized spacial score (nSPS) is 12.8. The molecule has 0 bridgehead atoms. The Morgan fingerprint density at radius 2 is 1.11 bits per heavy atom. The van der Waals surface area contributed by atoms with Crippen LogP contribution in [0.1, 0.15) is 84.6 Å². The maximum absolute atomic E-state index is 14.6. The van der Waals surface area contributed by atoms with Crippen LogP contribution in [0.25, 0.3) is 38.9 Å². The van der Waals surface area contributed by atoms with Gasteiger partial charge in [-0.3, -0.25) is 9.59 Å². The Morgan fingerprint density at radius 1 is 0.582 bits per heavy atom. The van der Waals surface area contributed by atoms with Crippen molar-refractivity contribution in [3.05, 3.63) is 209 Å². The molecule has 2 amide bonds. The summed E-state index contributed by atoms with van der Waals surface area (Å²) < 4.78 is 31.2. The lowest BCUT2D eigenvalue weighted by atomic mass is 9.99. The van der Waals surface area contributed by atoms with Crippen molar-refractivity contribution in [2.24, 2.45) is 4.99 Å². The van der Waals surface area contributed by atoms with Gasteiger partial charge in [0.15, 0.2) is 0 Å². The van der Waals surface area contributed by atoms with Crippen molar-refractivity contribution in [1.82, 2.24) is 20.9 Å². The highest BCUT2D eigenvalue weighted by atomic mass is 19.1. The number of allylic oxidation sites excluding steroid dienone is 4. The smallest absolute Gasteiger partial charge is 0.251 e. The lowest BCUT2D eigenvalue weighted by Gasteiger charge is -2.18. The fourth-order valence-electron chi connectivity index (χ4n) is 9.59. The van der Waals surface area contributed by atoms with E-state index in [2.05, 4.69) is 43.8 Å². The molecule has 0 saturated heterocycles. The third-order valence-corrected chi connectivity index (χ3v) is 14.0. The molecule has 0 unspecified atom stereocenters. The van der Waals surface area contributed by atoms with Gasteiger partial charge in [-0.15, -0.1) is 4.57 Å². The first kappa shape index (κ1) is 54.6. The molecular weight excluding hydrogens is 991 g/mol. The number of anilines is 5. The van der Waals surface area contributed by atoms with E-state index in [9.17, 15) is 18.4 Å². The number of aryl methyl sites for hydroxylation is 1. The highest BCUT2D eigenvalue weighted by molar-refractivity contribution is 6.13. The number of hydrogen-bond donors (Lipinski definition) is 7. The summed E-state index contributed by atoms with van der Waals surface area (Å²) in [5.41, 5.74) is 26.3. The predicted octanol–water partition coefficient (Wildman–Crippen LogP) is 13.3. The first-order valence-corrected chi connectivity index (χ1v) is 27.0. The Morgan fingerprint density at radius 3 is 1.73 bits per heavy atom. The lowest BCUT2D eigenvalue weighted by Crippen LogP contribution is -2.33. The van der Waals surface area contributed by atoms with Crippen molar-refractivity contribution in [3.63, 3.8) is 0 Å². The number of carbonyl (C=O) groups is 2. The Kier molecular flexibility index (Phi) is 17.8. The first-order valence-electron chi connectivity index (χ1n) is 27.0. The number of fused-ring (bicyclic) bond motifs is 2. The number of hydrogen-bond acceptors (Lipinski definition) is 9. The zero-order valence-corrected chi connectivity index (χ0v) is 44.8. The number of aromatic nitrogens is 2. The molecule has 0 radical (unpaired) electrons. The molecule has 0 aliphatic heterocycles. The van der Waals surface area contributed by atoms with Gasteiger partial charge in [0.2, 0.25) is 16.7 Å². The van der Waals surface area contributed by atoms with Crippen LogP contribution in [0.4, 0.5) is 42.9 Å². The minimum Gasteiger partial charge on any atom is -0.396 e. The average Bonchev–Trinajstić information content (AvgIpc) is 3.46. The standard InChI is InChI=1S/C65H66F2N10O2/c1-42-35-57(75-58-37-51(66)53(68)39-59(58)74-49-18-10-8-11-19-49)44(3)34-55(42)70-30-14-4-6-16-32-72-64(78)47-26-22-45(23-27-47)46-24-28-48(29-25-46)65(79)73-33-17-7-5-15-31-71-56-41-63-60(36-43(56)2)76-61-38-52(67)54(69)40-62(61)77(63)50-20-12-9-13-21-50/h8-13,18-29,34-41,70,74H,3-7,14-17,30-33,68H2,1-2H3,(H4,69,71,72,73,78,79)/p+1/b75-57-. The summed E-state index contributed by atoms with van der Waals surface area (Å²) in [6.45, 7) is 11.0. The summed E-state index contributed by atoms with van der Waals surface area (Å²) in [5, 5.41) is 16.5. The molecule has 1 aromatic heterocycles. The van der Waals surface area contributed by atoms with Gasteiger partial charge in [-0.05, 0) is 128 Å². The van der Waals surface area contributed by atoms with E-state index >= 15 is 0 Å². The van der Waals surface area contributed by atoms with E-state index in [1.54, 1.807) is 12.1 Å². The number of unbranched alkanes of at least 4 members (excludes halogenated alkanes) is 6. The van der Waals surface area contributed by atoms with Crippen LogP contribution in [-0.4, -0.2) is 48.7 Å². The highest BCUT2D eigenvalue weighted by Crippen LogP contribution is 2.34. The number of nitrogens with two attached hydrogens (primary N) is 2. The first-order chi connectivity index (χ1) is 38.4. The molecule has 1 heterocycles. The second-order valence-electron chi connectivity index (χ2n) is 19.9. The molecule has 14 heteroatoms. The molecule has 12 nitrogen and oxygen atoms in total. The molecule has 0 fully saturated rings. The number of halogens is 2. The SMILES string of the molecule is C=C1C=C(NCCCCCCNC(=O)c2ccc(-c3ccc(C(=O)NCCCCCCNc4cc5c(cc4C)nc4cc(F)c(N)cc4[n+]5-c4ccccc4)cc3)cc2)C(C)=C/C1=N/c1cc(F)c(N)cc1Nc1ccccc1. The van der Waals surface area contributed by atoms with Crippen LogP contribution < -0.4 is 42.6 Å². The van der Waals surface area contributed by atoms with Crippen molar-refractivity contribution in [3.8, 4) is 16.8 Å². The van der Waals surface area contributed by atoms with Gasteiger partial charge in [0.05, 0.1) is 28.5 Å². The minimum absolute atomic E-state index is 0.0388. The van der Waals surface area contributed by atoms with Gasteiger partial charge >= 0.3 is 0 Å². The molecular formula is C65H67F2N10O2+. The Labute approximate surface area is 460 Å². The highest BCUT2D eigenvalue weighted by Gasteiger charge is 2.23. The Hall–Kier alpha value is -9.17. The van der Waals surface area contributed by atoms with Crippen molar-refractivity contribution in [2.75, 3.05) is 48.3 Å². The van der Waals surface area contributed by atoms with E-state index in [-0.39, 0.29) is 23.2 Å². The van der Waals surface area contributed by atoms with Gasteiger partial charge < -0.3 is 38.1 Å². The maximum Gasteiger partial charge on any atom is 0.251 e. The van der Waals surface area contributed by atoms with Crippen LogP contribution in [0, 0.1) is 18.6 Å². The summed E-state index contributed by atoms with van der Waals surface area (Å²) >= 11 is 0. The van der Waals surface area contributed by atoms with Crippen LogP contribution in [0.5, 0.6) is 0 Å². The van der Waals surface area contributed by atoms with E-state index in [1.165, 1.54) is 12.1 Å². The van der Waals surface area contributed by atoms with Gasteiger partial charge in [-0.25, -0.2) is 18.8 Å². The number of rotatable bonds is 23. The van der Waals surface area contributed by atoms with Crippen molar-refractivity contribution >= 4 is 73.7 Å². The number of nitrogen functional groups attached to an aromatic ring is 2. The lowest BCUT2D eigenvalue weighted by molar-refractivity contribution is -0.538. The molecule has 1 aliphatic rings. The molecule has 0 spiro atoms. The van der Waals surface area contributed by atoms with Gasteiger partial charge in [-0.2, -0.15) is 0 Å². The van der Waals surface area contributed by atoms with Crippen LogP contribution in [0.2, 0.25) is 0 Å². The number of para-hydroxylation sites is 2. The summed E-state index contributed by atoms with van der Waals surface area (Å²) in [6.07, 6.45) is 11.6. The topological polar surface area (TPSA) is 175 Å². The largest absolute Gasteiger partial charge is 0.396 e. The number of nitrogens with zero attached hydrogens (tertiary/aromatic N) is 3. The number of aliphatic imine (C=N–C) groups is 1. The number of benzene rings is 7. The molecule has 1 aliphatic carbocycles. The van der Waals surface area contributed by atoms with E-state index < -0.39 is 11.6 Å². The van der Waals surface area contributed by atoms with Gasteiger partial charge in [0.25, 0.3) is 11.8 Å². The van der Waals surface area contributed by atoms with Crippen molar-refractivity contribution < 1.29 is 22.9 Å². The third-order valence-electron chi connectivity index (χ3n) is 14.0.